The molecular weight excluding hydrogens is 238 g/mol. The Kier molecular flexibility index (Phi) is 3.65. The highest BCUT2D eigenvalue weighted by molar-refractivity contribution is 5.91. The molecule has 0 amide bonds. The average molecular weight is 259 g/mol. The van der Waals surface area contributed by atoms with Crippen molar-refractivity contribution in [2.24, 2.45) is 7.05 Å². The Hall–Kier alpha value is -1.77. The number of aryl methyl sites for hydroxylation is 3. The molecule has 0 atom stereocenters. The van der Waals surface area contributed by atoms with Gasteiger partial charge in [-0.15, -0.1) is 0 Å². The quantitative estimate of drug-likeness (QED) is 0.843. The lowest BCUT2D eigenvalue weighted by Gasteiger charge is -2.06. The highest BCUT2D eigenvalue weighted by atomic mass is 16.5. The molecule has 1 heterocycles. The summed E-state index contributed by atoms with van der Waals surface area (Å²) >= 11 is 0. The van der Waals surface area contributed by atoms with Crippen molar-refractivity contribution in [3.05, 3.63) is 29.0 Å². The number of benzene rings is 1. The van der Waals surface area contributed by atoms with E-state index in [2.05, 4.69) is 30.5 Å². The van der Waals surface area contributed by atoms with Gasteiger partial charge in [0.2, 0.25) is 0 Å². The summed E-state index contributed by atoms with van der Waals surface area (Å²) in [4.78, 5) is 11.2. The number of hydrogen-bond acceptors (Lipinski definition) is 2. The molecule has 1 aromatic carbocycles. The van der Waals surface area contributed by atoms with Gasteiger partial charge in [0.15, 0.2) is 0 Å². The number of methoxy groups -OCH3 is 1. The lowest BCUT2D eigenvalue weighted by atomic mass is 10.0. The molecule has 0 saturated carbocycles. The summed E-state index contributed by atoms with van der Waals surface area (Å²) in [6.45, 7) is 5.82. The molecule has 3 heteroatoms. The first-order valence-corrected chi connectivity index (χ1v) is 6.57. The van der Waals surface area contributed by atoms with E-state index in [0.717, 1.165) is 17.7 Å². The molecule has 0 bridgehead atoms. The number of ketones is 1. The Bertz CT molecular complexity index is 638. The van der Waals surface area contributed by atoms with Gasteiger partial charge < -0.3 is 14.1 Å². The first kappa shape index (κ1) is 13.7. The maximum atomic E-state index is 11.2. The van der Waals surface area contributed by atoms with Gasteiger partial charge in [0, 0.05) is 24.5 Å². The van der Waals surface area contributed by atoms with Crippen LogP contribution < -0.4 is 4.74 Å². The van der Waals surface area contributed by atoms with Crippen LogP contribution in [0.3, 0.4) is 0 Å². The van der Waals surface area contributed by atoms with Crippen molar-refractivity contribution in [2.45, 2.75) is 33.6 Å². The van der Waals surface area contributed by atoms with Gasteiger partial charge in [0.25, 0.3) is 0 Å². The fraction of sp³-hybridized carbons (Fsp3) is 0.438. The Morgan fingerprint density at radius 2 is 2.00 bits per heavy atom. The van der Waals surface area contributed by atoms with E-state index in [1.807, 2.05) is 7.05 Å². The number of ether oxygens (including phenoxy) is 1. The van der Waals surface area contributed by atoms with Crippen LogP contribution in [0.4, 0.5) is 0 Å². The number of carbonyl (C=O) groups excluding carboxylic acids is 1. The summed E-state index contributed by atoms with van der Waals surface area (Å²) in [5.41, 5.74) is 4.76. The standard InChI is InChI=1S/C16H21NO2/c1-10-8-14-13(7-6-11(2)18)12(3)17(4)16(14)15(9-10)19-5/h8-9H,6-7H2,1-5H3. The minimum Gasteiger partial charge on any atom is -0.495 e. The van der Waals surface area contributed by atoms with E-state index in [4.69, 9.17) is 4.74 Å². The molecule has 3 nitrogen and oxygen atoms in total. The van der Waals surface area contributed by atoms with E-state index in [1.165, 1.54) is 22.2 Å². The van der Waals surface area contributed by atoms with E-state index in [9.17, 15) is 4.79 Å². The van der Waals surface area contributed by atoms with Crippen molar-refractivity contribution in [3.63, 3.8) is 0 Å². The minimum atomic E-state index is 0.232. The van der Waals surface area contributed by atoms with E-state index >= 15 is 0 Å². The van der Waals surface area contributed by atoms with E-state index in [-0.39, 0.29) is 5.78 Å². The van der Waals surface area contributed by atoms with Crippen LogP contribution in [-0.2, 0) is 18.3 Å². The molecule has 0 aliphatic heterocycles. The van der Waals surface area contributed by atoms with Crippen LogP contribution in [0.5, 0.6) is 5.75 Å². The third-order valence-electron chi connectivity index (χ3n) is 3.77. The monoisotopic (exact) mass is 259 g/mol. The molecule has 2 rings (SSSR count). The van der Waals surface area contributed by atoms with Crippen molar-refractivity contribution in [1.29, 1.82) is 0 Å². The molecule has 0 radical (unpaired) electrons. The predicted molar refractivity (Wildman–Crippen MR) is 77.9 cm³/mol. The highest BCUT2D eigenvalue weighted by Crippen LogP contribution is 2.34. The maximum Gasteiger partial charge on any atom is 0.143 e. The zero-order chi connectivity index (χ0) is 14.2. The van der Waals surface area contributed by atoms with Crippen molar-refractivity contribution < 1.29 is 9.53 Å². The third-order valence-corrected chi connectivity index (χ3v) is 3.77. The van der Waals surface area contributed by atoms with Crippen molar-refractivity contribution in [2.75, 3.05) is 7.11 Å². The number of fused-ring (bicyclic) bond motifs is 1. The summed E-state index contributed by atoms with van der Waals surface area (Å²) in [6, 6.07) is 4.23. The van der Waals surface area contributed by atoms with Crippen LogP contribution in [0.1, 0.15) is 30.2 Å². The molecule has 102 valence electrons. The smallest absolute Gasteiger partial charge is 0.143 e. The number of rotatable bonds is 4. The number of carbonyl (C=O) groups is 1. The number of Topliss-reactive ketones (excluding diaryl/α,β-unsaturated/α-hetero) is 1. The first-order valence-electron chi connectivity index (χ1n) is 6.57. The van der Waals surface area contributed by atoms with Gasteiger partial charge in [-0.05, 0) is 50.5 Å². The van der Waals surface area contributed by atoms with Crippen LogP contribution in [0.15, 0.2) is 12.1 Å². The number of aromatic nitrogens is 1. The Balaban J connectivity index is 2.67. The molecule has 0 aliphatic rings. The van der Waals surface area contributed by atoms with Crippen LogP contribution in [-0.4, -0.2) is 17.5 Å². The van der Waals surface area contributed by atoms with Gasteiger partial charge in [0.05, 0.1) is 12.6 Å². The molecule has 0 spiro atoms. The normalized spacial score (nSPS) is 11.0. The van der Waals surface area contributed by atoms with E-state index < -0.39 is 0 Å². The first-order chi connectivity index (χ1) is 8.95. The second-order valence-electron chi connectivity index (χ2n) is 5.19. The zero-order valence-corrected chi connectivity index (χ0v) is 12.3. The summed E-state index contributed by atoms with van der Waals surface area (Å²) in [6.07, 6.45) is 1.39. The van der Waals surface area contributed by atoms with Gasteiger partial charge in [-0.1, -0.05) is 0 Å². The van der Waals surface area contributed by atoms with Crippen molar-refractivity contribution in [1.82, 2.24) is 4.57 Å². The summed E-state index contributed by atoms with van der Waals surface area (Å²) in [5, 5.41) is 1.21. The predicted octanol–water partition coefficient (Wildman–Crippen LogP) is 3.33. The average Bonchev–Trinajstić information content (AvgIpc) is 2.58. The third kappa shape index (κ3) is 2.37. The molecular formula is C16H21NO2. The van der Waals surface area contributed by atoms with E-state index in [0.29, 0.717) is 6.42 Å². The maximum absolute atomic E-state index is 11.2. The molecule has 0 saturated heterocycles. The Morgan fingerprint density at radius 1 is 1.32 bits per heavy atom. The summed E-state index contributed by atoms with van der Waals surface area (Å²) in [7, 11) is 3.75. The molecule has 0 unspecified atom stereocenters. The zero-order valence-electron chi connectivity index (χ0n) is 12.3. The van der Waals surface area contributed by atoms with Crippen molar-refractivity contribution >= 4 is 16.7 Å². The van der Waals surface area contributed by atoms with Crippen LogP contribution in [0.25, 0.3) is 10.9 Å². The fourth-order valence-electron chi connectivity index (χ4n) is 2.66. The lowest BCUT2D eigenvalue weighted by Crippen LogP contribution is -1.97. The molecule has 0 aliphatic carbocycles. The second kappa shape index (κ2) is 5.08. The largest absolute Gasteiger partial charge is 0.495 e. The van der Waals surface area contributed by atoms with Crippen LogP contribution in [0.2, 0.25) is 0 Å². The number of hydrogen-bond donors (Lipinski definition) is 0. The van der Waals surface area contributed by atoms with Gasteiger partial charge in [0.1, 0.15) is 11.5 Å². The van der Waals surface area contributed by atoms with E-state index in [1.54, 1.807) is 14.0 Å². The van der Waals surface area contributed by atoms with Gasteiger partial charge in [-0.25, -0.2) is 0 Å². The number of nitrogens with zero attached hydrogens (tertiary/aromatic N) is 1. The van der Waals surface area contributed by atoms with Gasteiger partial charge >= 0.3 is 0 Å². The van der Waals surface area contributed by atoms with Gasteiger partial charge in [-0.2, -0.15) is 0 Å². The summed E-state index contributed by atoms with van der Waals surface area (Å²) in [5.74, 6) is 1.13. The Labute approximate surface area is 114 Å². The summed E-state index contributed by atoms with van der Waals surface area (Å²) < 4.78 is 7.65. The molecule has 19 heavy (non-hydrogen) atoms. The topological polar surface area (TPSA) is 31.2 Å². The SMILES string of the molecule is COc1cc(C)cc2c(CCC(C)=O)c(C)n(C)c12. The Morgan fingerprint density at radius 3 is 2.58 bits per heavy atom. The van der Waals surface area contributed by atoms with Crippen LogP contribution >= 0.6 is 0 Å². The molecule has 0 N–H and O–H groups in total. The highest BCUT2D eigenvalue weighted by Gasteiger charge is 2.16. The lowest BCUT2D eigenvalue weighted by molar-refractivity contribution is -0.116. The fourth-order valence-corrected chi connectivity index (χ4v) is 2.66. The molecule has 1 aromatic heterocycles. The minimum absolute atomic E-state index is 0.232. The van der Waals surface area contributed by atoms with Gasteiger partial charge in [-0.3, -0.25) is 0 Å². The molecule has 0 fully saturated rings. The van der Waals surface area contributed by atoms with Crippen LogP contribution in [0, 0.1) is 13.8 Å². The second-order valence-corrected chi connectivity index (χ2v) is 5.19. The van der Waals surface area contributed by atoms with Crippen molar-refractivity contribution in [3.8, 4) is 5.75 Å². The molecule has 2 aromatic rings.